The van der Waals surface area contributed by atoms with Crippen LogP contribution in [0.2, 0.25) is 0 Å². The summed E-state index contributed by atoms with van der Waals surface area (Å²) in [4.78, 5) is 11.0. The molecule has 0 radical (unpaired) electrons. The Bertz CT molecular complexity index is 240. The van der Waals surface area contributed by atoms with Crippen LogP contribution in [0.15, 0.2) is 11.8 Å². The van der Waals surface area contributed by atoms with E-state index in [0.717, 1.165) is 5.57 Å². The smallest absolute Gasteiger partial charge is 0.323 e. The van der Waals surface area contributed by atoms with Gasteiger partial charge in [0.2, 0.25) is 0 Å². The molecule has 72 valence electrons. The number of methoxy groups -OCH3 is 2. The summed E-state index contributed by atoms with van der Waals surface area (Å²) in [6, 6.07) is 1.87. The van der Waals surface area contributed by atoms with Gasteiger partial charge in [-0.05, 0) is 18.9 Å². The molecule has 0 fully saturated rings. The number of ether oxygens (including phenoxy) is 2. The van der Waals surface area contributed by atoms with Gasteiger partial charge in [-0.3, -0.25) is 4.79 Å². The Morgan fingerprint density at radius 2 is 2.23 bits per heavy atom. The van der Waals surface area contributed by atoms with Gasteiger partial charge in [-0.25, -0.2) is 0 Å². The standard InChI is InChI=1S/C9H13NO3/c1-7(6-12-2)4-8(5-10)9(11)13-3/h6,8H,4H2,1-3H3. The second kappa shape index (κ2) is 6.06. The highest BCUT2D eigenvalue weighted by Gasteiger charge is 2.18. The molecular weight excluding hydrogens is 170 g/mol. The fourth-order valence-corrected chi connectivity index (χ4v) is 0.895. The number of allylic oxidation sites excluding steroid dienone is 1. The van der Waals surface area contributed by atoms with Crippen molar-refractivity contribution >= 4 is 5.97 Å². The fourth-order valence-electron chi connectivity index (χ4n) is 0.895. The average Bonchev–Trinajstić information content (AvgIpc) is 2.13. The number of carbonyl (C=O) groups excluding carboxylic acids is 1. The molecule has 0 amide bonds. The highest BCUT2D eigenvalue weighted by molar-refractivity contribution is 5.75. The molecule has 13 heavy (non-hydrogen) atoms. The van der Waals surface area contributed by atoms with Gasteiger partial charge < -0.3 is 9.47 Å². The molecule has 0 saturated heterocycles. The maximum Gasteiger partial charge on any atom is 0.323 e. The lowest BCUT2D eigenvalue weighted by atomic mass is 10.0. The number of hydrogen-bond acceptors (Lipinski definition) is 4. The summed E-state index contributed by atoms with van der Waals surface area (Å²) in [5.74, 6) is -1.25. The normalized spacial score (nSPS) is 12.9. The van der Waals surface area contributed by atoms with Gasteiger partial charge in [0.25, 0.3) is 0 Å². The number of carbonyl (C=O) groups is 1. The molecule has 0 aliphatic heterocycles. The molecule has 4 nitrogen and oxygen atoms in total. The number of esters is 1. The predicted molar refractivity (Wildman–Crippen MR) is 46.5 cm³/mol. The van der Waals surface area contributed by atoms with E-state index in [4.69, 9.17) is 10.00 Å². The lowest BCUT2D eigenvalue weighted by Gasteiger charge is -2.06. The Kier molecular flexibility index (Phi) is 5.37. The van der Waals surface area contributed by atoms with Gasteiger partial charge in [-0.15, -0.1) is 0 Å². The summed E-state index contributed by atoms with van der Waals surface area (Å²) in [7, 11) is 2.78. The first kappa shape index (κ1) is 11.5. The molecule has 0 heterocycles. The van der Waals surface area contributed by atoms with Crippen molar-refractivity contribution in [2.24, 2.45) is 5.92 Å². The molecule has 0 aromatic heterocycles. The molecule has 0 aliphatic carbocycles. The van der Waals surface area contributed by atoms with Crippen molar-refractivity contribution in [1.82, 2.24) is 0 Å². The summed E-state index contributed by atoms with van der Waals surface area (Å²) in [5, 5.41) is 8.63. The molecule has 0 bridgehead atoms. The summed E-state index contributed by atoms with van der Waals surface area (Å²) in [6.45, 7) is 1.79. The van der Waals surface area contributed by atoms with Gasteiger partial charge in [0.1, 0.15) is 5.92 Å². The van der Waals surface area contributed by atoms with Crippen LogP contribution in [0.3, 0.4) is 0 Å². The highest BCUT2D eigenvalue weighted by Crippen LogP contribution is 2.11. The van der Waals surface area contributed by atoms with Crippen molar-refractivity contribution in [3.63, 3.8) is 0 Å². The van der Waals surface area contributed by atoms with Crippen LogP contribution in [-0.4, -0.2) is 20.2 Å². The molecule has 0 saturated carbocycles. The van der Waals surface area contributed by atoms with E-state index in [1.54, 1.807) is 6.92 Å². The SMILES string of the molecule is COC=C(C)CC(C#N)C(=O)OC. The molecule has 0 aromatic carbocycles. The minimum Gasteiger partial charge on any atom is -0.504 e. The third-order valence-electron chi connectivity index (χ3n) is 1.49. The van der Waals surface area contributed by atoms with Gasteiger partial charge in [0, 0.05) is 0 Å². The third kappa shape index (κ3) is 4.16. The van der Waals surface area contributed by atoms with Gasteiger partial charge in [-0.2, -0.15) is 5.26 Å². The van der Waals surface area contributed by atoms with E-state index in [1.807, 2.05) is 6.07 Å². The van der Waals surface area contributed by atoms with E-state index in [1.165, 1.54) is 20.5 Å². The Labute approximate surface area is 77.8 Å². The highest BCUT2D eigenvalue weighted by atomic mass is 16.5. The first-order valence-corrected chi connectivity index (χ1v) is 3.81. The van der Waals surface area contributed by atoms with Crippen molar-refractivity contribution in [3.05, 3.63) is 11.8 Å². The predicted octanol–water partition coefficient (Wildman–Crippen LogP) is 1.24. The minimum atomic E-state index is -0.739. The molecule has 0 aromatic rings. The Hall–Kier alpha value is -1.50. The first-order valence-electron chi connectivity index (χ1n) is 3.81. The van der Waals surface area contributed by atoms with Crippen molar-refractivity contribution in [3.8, 4) is 6.07 Å². The van der Waals surface area contributed by atoms with Crippen LogP contribution in [0.4, 0.5) is 0 Å². The molecule has 0 N–H and O–H groups in total. The fraction of sp³-hybridized carbons (Fsp3) is 0.556. The number of rotatable bonds is 4. The van der Waals surface area contributed by atoms with Crippen molar-refractivity contribution < 1.29 is 14.3 Å². The molecule has 1 unspecified atom stereocenters. The molecule has 0 rings (SSSR count). The maximum atomic E-state index is 11.0. The van der Waals surface area contributed by atoms with Crippen molar-refractivity contribution in [2.45, 2.75) is 13.3 Å². The first-order chi connectivity index (χ1) is 6.15. The zero-order valence-corrected chi connectivity index (χ0v) is 8.03. The summed E-state index contributed by atoms with van der Waals surface area (Å²) in [5.41, 5.74) is 0.833. The van der Waals surface area contributed by atoms with Gasteiger partial charge in [0.05, 0.1) is 26.6 Å². The largest absolute Gasteiger partial charge is 0.504 e. The summed E-state index contributed by atoms with van der Waals surface area (Å²) in [6.07, 6.45) is 1.85. The molecule has 1 atom stereocenters. The van der Waals surface area contributed by atoms with E-state index in [9.17, 15) is 4.79 Å². The van der Waals surface area contributed by atoms with E-state index in [2.05, 4.69) is 4.74 Å². The Balaban J connectivity index is 4.23. The van der Waals surface area contributed by atoms with E-state index in [0.29, 0.717) is 6.42 Å². The zero-order valence-electron chi connectivity index (χ0n) is 8.03. The van der Waals surface area contributed by atoms with Crippen molar-refractivity contribution in [2.75, 3.05) is 14.2 Å². The van der Waals surface area contributed by atoms with Crippen LogP contribution >= 0.6 is 0 Å². The minimum absolute atomic E-state index is 0.344. The third-order valence-corrected chi connectivity index (χ3v) is 1.49. The van der Waals surface area contributed by atoms with E-state index >= 15 is 0 Å². The Morgan fingerprint density at radius 1 is 1.62 bits per heavy atom. The number of hydrogen-bond donors (Lipinski definition) is 0. The Morgan fingerprint density at radius 3 is 2.62 bits per heavy atom. The molecule has 4 heteroatoms. The van der Waals surface area contributed by atoms with Crippen LogP contribution in [0.25, 0.3) is 0 Å². The summed E-state index contributed by atoms with van der Waals surface area (Å²) < 4.78 is 9.19. The second-order valence-corrected chi connectivity index (χ2v) is 2.61. The van der Waals surface area contributed by atoms with E-state index < -0.39 is 11.9 Å². The number of nitrogens with zero attached hydrogens (tertiary/aromatic N) is 1. The average molecular weight is 183 g/mol. The van der Waals surface area contributed by atoms with Crippen LogP contribution in [0.1, 0.15) is 13.3 Å². The molecular formula is C9H13NO3. The maximum absolute atomic E-state index is 11.0. The second-order valence-electron chi connectivity index (χ2n) is 2.61. The van der Waals surface area contributed by atoms with Gasteiger partial charge in [-0.1, -0.05) is 0 Å². The topological polar surface area (TPSA) is 59.3 Å². The zero-order chi connectivity index (χ0) is 10.3. The van der Waals surface area contributed by atoms with Gasteiger partial charge in [0.15, 0.2) is 0 Å². The lowest BCUT2D eigenvalue weighted by Crippen LogP contribution is -2.14. The van der Waals surface area contributed by atoms with Crippen LogP contribution in [0, 0.1) is 17.2 Å². The van der Waals surface area contributed by atoms with Crippen LogP contribution < -0.4 is 0 Å². The van der Waals surface area contributed by atoms with Crippen molar-refractivity contribution in [1.29, 1.82) is 5.26 Å². The molecule has 0 aliphatic rings. The lowest BCUT2D eigenvalue weighted by molar-refractivity contribution is -0.143. The van der Waals surface area contributed by atoms with Gasteiger partial charge >= 0.3 is 5.97 Å². The van der Waals surface area contributed by atoms with E-state index in [-0.39, 0.29) is 0 Å². The van der Waals surface area contributed by atoms with Crippen LogP contribution in [-0.2, 0) is 14.3 Å². The monoisotopic (exact) mass is 183 g/mol. The summed E-state index contributed by atoms with van der Waals surface area (Å²) >= 11 is 0. The number of nitriles is 1. The molecule has 0 spiro atoms. The van der Waals surface area contributed by atoms with Crippen LogP contribution in [0.5, 0.6) is 0 Å². The quantitative estimate of drug-likeness (QED) is 0.486.